The summed E-state index contributed by atoms with van der Waals surface area (Å²) in [5, 5.41) is 0.295. The second-order valence-corrected chi connectivity index (χ2v) is 5.24. The third-order valence-electron chi connectivity index (χ3n) is 2.69. The second-order valence-electron chi connectivity index (χ2n) is 4.02. The Morgan fingerprint density at radius 1 is 0.952 bits per heavy atom. The summed E-state index contributed by atoms with van der Waals surface area (Å²) in [4.78, 5) is 3.58. The molecule has 0 N–H and O–H groups in total. The van der Waals surface area contributed by atoms with Crippen LogP contribution in [0.1, 0.15) is 5.56 Å². The van der Waals surface area contributed by atoms with Crippen LogP contribution < -0.4 is 4.74 Å². The molecule has 0 aliphatic heterocycles. The maximum Gasteiger partial charge on any atom is 0.418 e. The first-order chi connectivity index (χ1) is 9.74. The van der Waals surface area contributed by atoms with E-state index in [0.717, 1.165) is 6.07 Å². The van der Waals surface area contributed by atoms with Gasteiger partial charge in [-0.05, 0) is 12.1 Å². The van der Waals surface area contributed by atoms with E-state index in [-0.39, 0.29) is 32.1 Å². The minimum atomic E-state index is -4.59. The number of halogens is 6. The lowest BCUT2D eigenvalue weighted by molar-refractivity contribution is -0.137. The highest BCUT2D eigenvalue weighted by atomic mass is 35.5. The minimum absolute atomic E-state index is 0.0279. The van der Waals surface area contributed by atoms with Gasteiger partial charge in [-0.15, -0.1) is 0 Å². The van der Waals surface area contributed by atoms with Crippen molar-refractivity contribution in [2.24, 2.45) is 0 Å². The molecule has 0 atom stereocenters. The maximum absolute atomic E-state index is 13.1. The Morgan fingerprint density at radius 2 is 1.57 bits per heavy atom. The van der Waals surface area contributed by atoms with E-state index >= 15 is 0 Å². The largest absolute Gasteiger partial charge is 0.481 e. The van der Waals surface area contributed by atoms with Gasteiger partial charge in [0.15, 0.2) is 0 Å². The van der Waals surface area contributed by atoms with Crippen molar-refractivity contribution in [1.29, 1.82) is 0 Å². The molecule has 0 aliphatic rings. The van der Waals surface area contributed by atoms with Crippen LogP contribution >= 0.6 is 34.8 Å². The molecule has 0 aliphatic carbocycles. The number of rotatable bonds is 2. The van der Waals surface area contributed by atoms with E-state index < -0.39 is 11.7 Å². The molecule has 0 fully saturated rings. The standard InChI is InChI=1S/C13H7Cl3F3NO/c1-21-12-3-6(8(5-20-12)13(17,18)19)7-2-10(15)11(16)4-9(7)14/h2-5H,1H3. The molecule has 0 spiro atoms. The number of aromatic nitrogens is 1. The summed E-state index contributed by atoms with van der Waals surface area (Å²) < 4.78 is 44.2. The highest BCUT2D eigenvalue weighted by Gasteiger charge is 2.35. The highest BCUT2D eigenvalue weighted by Crippen LogP contribution is 2.42. The molecule has 2 rings (SSSR count). The van der Waals surface area contributed by atoms with Gasteiger partial charge in [-0.3, -0.25) is 0 Å². The lowest BCUT2D eigenvalue weighted by Gasteiger charge is -2.15. The monoisotopic (exact) mass is 355 g/mol. The zero-order chi connectivity index (χ0) is 15.8. The molecule has 112 valence electrons. The lowest BCUT2D eigenvalue weighted by Crippen LogP contribution is -2.08. The van der Waals surface area contributed by atoms with Gasteiger partial charge in [0.1, 0.15) is 0 Å². The molecule has 0 saturated carbocycles. The van der Waals surface area contributed by atoms with Gasteiger partial charge in [-0.25, -0.2) is 4.98 Å². The average Bonchev–Trinajstić information content (AvgIpc) is 2.41. The summed E-state index contributed by atoms with van der Waals surface area (Å²) in [6, 6.07) is 3.71. The number of hydrogen-bond donors (Lipinski definition) is 0. The van der Waals surface area contributed by atoms with Gasteiger partial charge in [0.25, 0.3) is 0 Å². The van der Waals surface area contributed by atoms with E-state index in [4.69, 9.17) is 39.5 Å². The molecule has 0 saturated heterocycles. The third kappa shape index (κ3) is 3.36. The average molecular weight is 357 g/mol. The number of alkyl halides is 3. The van der Waals surface area contributed by atoms with Gasteiger partial charge in [-0.2, -0.15) is 13.2 Å². The fourth-order valence-corrected chi connectivity index (χ4v) is 2.37. The second kappa shape index (κ2) is 5.91. The topological polar surface area (TPSA) is 22.1 Å². The molecule has 0 amide bonds. The Labute approximate surface area is 133 Å². The summed E-state index contributed by atoms with van der Waals surface area (Å²) in [6.45, 7) is 0. The normalized spacial score (nSPS) is 11.6. The molecule has 0 bridgehead atoms. The maximum atomic E-state index is 13.1. The fourth-order valence-electron chi connectivity index (χ4n) is 1.73. The van der Waals surface area contributed by atoms with Crippen molar-refractivity contribution in [3.63, 3.8) is 0 Å². The van der Waals surface area contributed by atoms with Crippen LogP contribution in [0.2, 0.25) is 15.1 Å². The lowest BCUT2D eigenvalue weighted by atomic mass is 10.0. The number of nitrogens with zero attached hydrogens (tertiary/aromatic N) is 1. The number of benzene rings is 1. The van der Waals surface area contributed by atoms with Gasteiger partial charge in [0.2, 0.25) is 5.88 Å². The van der Waals surface area contributed by atoms with E-state index in [9.17, 15) is 13.2 Å². The Hall–Kier alpha value is -1.17. The van der Waals surface area contributed by atoms with Crippen LogP contribution in [0.25, 0.3) is 11.1 Å². The fraction of sp³-hybridized carbons (Fsp3) is 0.154. The van der Waals surface area contributed by atoms with Crippen molar-refractivity contribution < 1.29 is 17.9 Å². The van der Waals surface area contributed by atoms with Crippen LogP contribution in [0, 0.1) is 0 Å². The van der Waals surface area contributed by atoms with E-state index in [2.05, 4.69) is 4.98 Å². The van der Waals surface area contributed by atoms with Crippen molar-refractivity contribution in [3.8, 4) is 17.0 Å². The molecule has 2 aromatic rings. The first-order valence-corrected chi connectivity index (χ1v) is 6.63. The molecule has 1 aromatic heterocycles. The van der Waals surface area contributed by atoms with Crippen molar-refractivity contribution in [3.05, 3.63) is 45.0 Å². The van der Waals surface area contributed by atoms with Crippen LogP contribution in [0.15, 0.2) is 24.4 Å². The molecule has 0 unspecified atom stereocenters. The van der Waals surface area contributed by atoms with Crippen LogP contribution in [0.5, 0.6) is 5.88 Å². The summed E-state index contributed by atoms with van der Waals surface area (Å²) in [6.07, 6.45) is -3.91. The van der Waals surface area contributed by atoms with Crippen LogP contribution in [0.4, 0.5) is 13.2 Å². The summed E-state index contributed by atoms with van der Waals surface area (Å²) in [5.41, 5.74) is -1.03. The molecule has 8 heteroatoms. The SMILES string of the molecule is COc1cc(-c2cc(Cl)c(Cl)cc2Cl)c(C(F)(F)F)cn1. The van der Waals surface area contributed by atoms with Gasteiger partial charge in [0.05, 0.1) is 22.7 Å². The summed E-state index contributed by atoms with van der Waals surface area (Å²) >= 11 is 17.6. The quantitative estimate of drug-likeness (QED) is 0.640. The number of hydrogen-bond acceptors (Lipinski definition) is 2. The Balaban J connectivity index is 2.75. The van der Waals surface area contributed by atoms with Gasteiger partial charge in [-0.1, -0.05) is 34.8 Å². The molecule has 21 heavy (non-hydrogen) atoms. The van der Waals surface area contributed by atoms with Crippen molar-refractivity contribution in [1.82, 2.24) is 4.98 Å². The van der Waals surface area contributed by atoms with Gasteiger partial charge >= 0.3 is 6.18 Å². The molecular formula is C13H7Cl3F3NO. The number of ether oxygens (including phenoxy) is 1. The van der Waals surface area contributed by atoms with E-state index in [0.29, 0.717) is 6.20 Å². The highest BCUT2D eigenvalue weighted by molar-refractivity contribution is 6.44. The zero-order valence-electron chi connectivity index (χ0n) is 10.4. The summed E-state index contributed by atoms with van der Waals surface area (Å²) in [7, 11) is 1.30. The van der Waals surface area contributed by atoms with Crippen molar-refractivity contribution >= 4 is 34.8 Å². The molecule has 0 radical (unpaired) electrons. The summed E-state index contributed by atoms with van der Waals surface area (Å²) in [5.74, 6) is 0.0279. The number of pyridine rings is 1. The van der Waals surface area contributed by atoms with Crippen LogP contribution in [-0.4, -0.2) is 12.1 Å². The Kier molecular flexibility index (Phi) is 4.56. The smallest absolute Gasteiger partial charge is 0.418 e. The molecule has 2 nitrogen and oxygen atoms in total. The van der Waals surface area contributed by atoms with E-state index in [1.54, 1.807) is 0 Å². The number of methoxy groups -OCH3 is 1. The van der Waals surface area contributed by atoms with Gasteiger partial charge < -0.3 is 4.74 Å². The van der Waals surface area contributed by atoms with Crippen molar-refractivity contribution in [2.45, 2.75) is 6.18 Å². The van der Waals surface area contributed by atoms with Crippen molar-refractivity contribution in [2.75, 3.05) is 7.11 Å². The Bertz CT molecular complexity index is 689. The predicted octanol–water partition coefficient (Wildman–Crippen LogP) is 5.74. The minimum Gasteiger partial charge on any atom is -0.481 e. The van der Waals surface area contributed by atoms with Gasteiger partial charge in [0, 0.05) is 28.4 Å². The van der Waals surface area contributed by atoms with Crippen LogP contribution in [-0.2, 0) is 6.18 Å². The Morgan fingerprint density at radius 3 is 2.14 bits per heavy atom. The first kappa shape index (κ1) is 16.2. The van der Waals surface area contributed by atoms with E-state index in [1.165, 1.54) is 19.2 Å². The molecule has 1 heterocycles. The van der Waals surface area contributed by atoms with E-state index in [1.807, 2.05) is 0 Å². The molecular weight excluding hydrogens is 350 g/mol. The first-order valence-electron chi connectivity index (χ1n) is 5.50. The predicted molar refractivity (Wildman–Crippen MR) is 76.3 cm³/mol. The third-order valence-corrected chi connectivity index (χ3v) is 3.73. The zero-order valence-corrected chi connectivity index (χ0v) is 12.7. The van der Waals surface area contributed by atoms with Crippen LogP contribution in [0.3, 0.4) is 0 Å². The molecule has 1 aromatic carbocycles.